The summed E-state index contributed by atoms with van der Waals surface area (Å²) in [5.74, 6) is 4.18. The molecule has 0 amide bonds. The summed E-state index contributed by atoms with van der Waals surface area (Å²) < 4.78 is 6.44. The summed E-state index contributed by atoms with van der Waals surface area (Å²) in [6, 6.07) is 47.0. The van der Waals surface area contributed by atoms with Crippen LogP contribution < -0.4 is 9.80 Å². The highest BCUT2D eigenvalue weighted by molar-refractivity contribution is 5.88. The largest absolute Gasteiger partial charge is 0.494 e. The Morgan fingerprint density at radius 2 is 1.45 bits per heavy atom. The van der Waals surface area contributed by atoms with Gasteiger partial charge in [-0.3, -0.25) is 0 Å². The van der Waals surface area contributed by atoms with Gasteiger partial charge in [0.2, 0.25) is 0 Å². The first-order chi connectivity index (χ1) is 42.3. The maximum absolute atomic E-state index is 6.44. The molecule has 5 aromatic rings. The van der Waals surface area contributed by atoms with Crippen molar-refractivity contribution in [1.82, 2.24) is 0 Å². The molecule has 0 radical (unpaired) electrons. The number of unbranched alkanes of at least 4 members (excludes halogenated alkanes) is 1. The number of ether oxygens (including phenoxy) is 1. The van der Waals surface area contributed by atoms with Crippen LogP contribution in [0.5, 0.6) is 0 Å². The van der Waals surface area contributed by atoms with Crippen LogP contribution in [0.15, 0.2) is 279 Å². The number of anilines is 4. The average molecular weight is 1130 g/mol. The van der Waals surface area contributed by atoms with Crippen LogP contribution in [0.1, 0.15) is 120 Å². The highest BCUT2D eigenvalue weighted by Crippen LogP contribution is 2.59. The molecule has 0 saturated carbocycles. The van der Waals surface area contributed by atoms with Crippen molar-refractivity contribution in [3.05, 3.63) is 301 Å². The number of allylic oxidation sites excluding steroid dienone is 22. The maximum atomic E-state index is 6.44. The third-order valence-corrected chi connectivity index (χ3v) is 20.5. The second kappa shape index (κ2) is 25.4. The molecular formula is C83H86N2O. The molecular weight excluding hydrogens is 1040 g/mol. The van der Waals surface area contributed by atoms with Crippen LogP contribution in [-0.2, 0) is 10.2 Å². The van der Waals surface area contributed by atoms with Crippen molar-refractivity contribution in [2.45, 2.75) is 109 Å². The fourth-order valence-electron chi connectivity index (χ4n) is 15.6. The SMILES string of the molecule is C=CC1=CC=C(c2ccc(N3C4=CCC(C5=CCC(C=C)C=C5)CC4C4C=C(c5ccc(N(c6ccccc6)c6ccc7c(c6)C(CCCCC(CC)COC6=CCC(C=C)C=C6)(C6=CC=CCC(C)C6)c6ccccc6-7)cc5)C=CC43)cc2)CC1. The molecule has 86 heavy (non-hydrogen) atoms. The summed E-state index contributed by atoms with van der Waals surface area (Å²) in [5.41, 5.74) is 21.3. The van der Waals surface area contributed by atoms with Gasteiger partial charge in [-0.15, -0.1) is 13.2 Å². The molecule has 0 bridgehead atoms. The standard InChI is InChI=1S/C83H86N2O/c1-6-59-26-32-63(33-27-59)64-36-44-72(45-37-64)85-81-50-40-67(65-34-28-60(7-2)29-35-65)54-77(81)78-55-68(41-51-82(78)85)66-38-42-71(43-39-66)84(70-22-11-10-12-23-70)73-46-49-76-75-24-15-16-25-79(75)83(80(76)56-73,69-21-14-13-19-58(5)53-69)52-18-17-20-62(9-4)57-86-74-47-30-61(8-3)31-48-74/h6-8,10-16,21-26,28,30,32,34-39,41-51,55-56,58,60-62,67,77-78,82H,1-3,9,17-20,27,29,31,33,40,52-54,57H2,4-5H3. The van der Waals surface area contributed by atoms with Crippen LogP contribution in [0.3, 0.4) is 0 Å². The van der Waals surface area contributed by atoms with Crippen molar-refractivity contribution in [2.24, 2.45) is 41.4 Å². The lowest BCUT2D eigenvalue weighted by Gasteiger charge is -2.37. The molecule has 5 aromatic carbocycles. The molecule has 7 aliphatic carbocycles. The predicted octanol–water partition coefficient (Wildman–Crippen LogP) is 21.9. The summed E-state index contributed by atoms with van der Waals surface area (Å²) in [6.45, 7) is 17.6. The van der Waals surface area contributed by atoms with E-state index in [0.717, 1.165) is 107 Å². The zero-order chi connectivity index (χ0) is 58.6. The van der Waals surface area contributed by atoms with E-state index in [2.05, 4.69) is 262 Å². The Kier molecular flexibility index (Phi) is 16.8. The summed E-state index contributed by atoms with van der Waals surface area (Å²) >= 11 is 0. The molecule has 1 aliphatic heterocycles. The van der Waals surface area contributed by atoms with Crippen LogP contribution in [0.4, 0.5) is 22.7 Å². The molecule has 3 heteroatoms. The predicted molar refractivity (Wildman–Crippen MR) is 365 cm³/mol. The van der Waals surface area contributed by atoms with Crippen molar-refractivity contribution in [3.63, 3.8) is 0 Å². The molecule has 9 atom stereocenters. The maximum Gasteiger partial charge on any atom is 0.115 e. The van der Waals surface area contributed by atoms with Gasteiger partial charge >= 0.3 is 0 Å². The van der Waals surface area contributed by atoms with Crippen molar-refractivity contribution in [3.8, 4) is 11.1 Å². The van der Waals surface area contributed by atoms with E-state index >= 15 is 0 Å². The summed E-state index contributed by atoms with van der Waals surface area (Å²) in [4.78, 5) is 5.18. The first-order valence-corrected chi connectivity index (χ1v) is 32.5. The van der Waals surface area contributed by atoms with Crippen molar-refractivity contribution < 1.29 is 4.74 Å². The van der Waals surface area contributed by atoms with E-state index in [9.17, 15) is 0 Å². The Labute approximate surface area is 514 Å². The van der Waals surface area contributed by atoms with E-state index in [1.807, 2.05) is 12.2 Å². The van der Waals surface area contributed by atoms with Crippen molar-refractivity contribution in [2.75, 3.05) is 16.4 Å². The quantitative estimate of drug-likeness (QED) is 0.0571. The summed E-state index contributed by atoms with van der Waals surface area (Å²) in [6.07, 6.45) is 56.0. The molecule has 434 valence electrons. The van der Waals surface area contributed by atoms with E-state index in [-0.39, 0.29) is 11.5 Å². The van der Waals surface area contributed by atoms with Gasteiger partial charge in [-0.05, 0) is 210 Å². The minimum Gasteiger partial charge on any atom is -0.494 e. The smallest absolute Gasteiger partial charge is 0.115 e. The fraction of sp³-hybridized carbons (Fsp3) is 0.301. The van der Waals surface area contributed by atoms with E-state index in [4.69, 9.17) is 4.74 Å². The van der Waals surface area contributed by atoms with Crippen molar-refractivity contribution >= 4 is 33.9 Å². The normalized spacial score (nSPS) is 25.5. The fourth-order valence-corrected chi connectivity index (χ4v) is 15.6. The van der Waals surface area contributed by atoms with Crippen LogP contribution in [0.2, 0.25) is 0 Å². The molecule has 0 N–H and O–H groups in total. The van der Waals surface area contributed by atoms with Gasteiger partial charge in [-0.2, -0.15) is 0 Å². The van der Waals surface area contributed by atoms with Crippen molar-refractivity contribution in [1.29, 1.82) is 0 Å². The van der Waals surface area contributed by atoms with E-state index in [1.54, 1.807) is 5.57 Å². The molecule has 1 fully saturated rings. The van der Waals surface area contributed by atoms with Crippen LogP contribution in [-0.4, -0.2) is 12.6 Å². The third-order valence-electron chi connectivity index (χ3n) is 20.5. The van der Waals surface area contributed by atoms with Gasteiger partial charge in [-0.1, -0.05) is 215 Å². The second-order valence-corrected chi connectivity index (χ2v) is 25.7. The first-order valence-electron chi connectivity index (χ1n) is 32.5. The van der Waals surface area contributed by atoms with Gasteiger partial charge in [0.25, 0.3) is 0 Å². The zero-order valence-electron chi connectivity index (χ0n) is 50.9. The topological polar surface area (TPSA) is 15.7 Å². The second-order valence-electron chi connectivity index (χ2n) is 25.7. The van der Waals surface area contributed by atoms with Gasteiger partial charge in [-0.25, -0.2) is 0 Å². The molecule has 1 saturated heterocycles. The van der Waals surface area contributed by atoms with Gasteiger partial charge in [0.15, 0.2) is 0 Å². The summed E-state index contributed by atoms with van der Waals surface area (Å²) in [7, 11) is 0. The lowest BCUT2D eigenvalue weighted by molar-refractivity contribution is 0.162. The zero-order valence-corrected chi connectivity index (χ0v) is 50.9. The minimum absolute atomic E-state index is 0.243. The third kappa shape index (κ3) is 11.3. The van der Waals surface area contributed by atoms with Gasteiger partial charge in [0.05, 0.1) is 12.6 Å². The Hall–Kier alpha value is -8.14. The molecule has 0 spiro atoms. The molecule has 3 nitrogen and oxygen atoms in total. The lowest BCUT2D eigenvalue weighted by Crippen LogP contribution is -2.30. The Bertz CT molecular complexity index is 3710. The molecule has 13 rings (SSSR count). The highest BCUT2D eigenvalue weighted by Gasteiger charge is 2.48. The Morgan fingerprint density at radius 3 is 2.20 bits per heavy atom. The minimum atomic E-state index is -0.252. The Morgan fingerprint density at radius 1 is 0.698 bits per heavy atom. The van der Waals surface area contributed by atoms with E-state index < -0.39 is 0 Å². The molecule has 8 aliphatic rings. The number of nitrogens with zero attached hydrogens (tertiary/aromatic N) is 2. The molecule has 9 unspecified atom stereocenters. The summed E-state index contributed by atoms with van der Waals surface area (Å²) in [5, 5.41) is 0. The van der Waals surface area contributed by atoms with Gasteiger partial charge in [0.1, 0.15) is 5.76 Å². The number of rotatable bonds is 20. The van der Waals surface area contributed by atoms with Crippen LogP contribution in [0.25, 0.3) is 22.3 Å². The number of hydrogen-bond acceptors (Lipinski definition) is 3. The first kappa shape index (κ1) is 57.0. The number of benzene rings is 5. The van der Waals surface area contributed by atoms with Crippen LogP contribution in [0, 0.1) is 41.4 Å². The van der Waals surface area contributed by atoms with Gasteiger partial charge < -0.3 is 14.5 Å². The van der Waals surface area contributed by atoms with E-state index in [0.29, 0.717) is 41.4 Å². The lowest BCUT2D eigenvalue weighted by atomic mass is 9.66. The molecule has 0 aromatic heterocycles. The van der Waals surface area contributed by atoms with Gasteiger partial charge in [0, 0.05) is 45.7 Å². The van der Waals surface area contributed by atoms with Crippen LogP contribution >= 0.6 is 0 Å². The number of fused-ring (bicyclic) bond motifs is 6. The monoisotopic (exact) mass is 1130 g/mol. The number of para-hydroxylation sites is 1. The number of hydrogen-bond donors (Lipinski definition) is 0. The van der Waals surface area contributed by atoms with E-state index in [1.165, 1.54) is 72.7 Å². The molecule has 1 heterocycles. The average Bonchev–Trinajstić information content (AvgIpc) is 1.59. The Balaban J connectivity index is 0.808. The highest BCUT2D eigenvalue weighted by atomic mass is 16.5.